The highest BCUT2D eigenvalue weighted by Gasteiger charge is 2.20. The van der Waals surface area contributed by atoms with Gasteiger partial charge in [-0.3, -0.25) is 9.69 Å². The fourth-order valence-electron chi connectivity index (χ4n) is 4.15. The third-order valence-corrected chi connectivity index (χ3v) is 6.07. The lowest BCUT2D eigenvalue weighted by molar-refractivity contribution is 0.0985. The third kappa shape index (κ3) is 5.76. The molecule has 1 fully saturated rings. The second-order valence-corrected chi connectivity index (χ2v) is 8.59. The van der Waals surface area contributed by atoms with Crippen molar-refractivity contribution in [3.63, 3.8) is 0 Å². The minimum atomic E-state index is -0.327. The Bertz CT molecular complexity index is 1040. The second-order valence-electron chi connectivity index (χ2n) is 8.59. The van der Waals surface area contributed by atoms with Crippen molar-refractivity contribution in [1.29, 1.82) is 0 Å². The fraction of sp³-hybridized carbons (Fsp3) is 0.333. The maximum atomic E-state index is 13.5. The lowest BCUT2D eigenvalue weighted by Crippen LogP contribution is -2.46. The van der Waals surface area contributed by atoms with Gasteiger partial charge in [-0.1, -0.05) is 30.7 Å². The van der Waals surface area contributed by atoms with Crippen LogP contribution in [0.5, 0.6) is 0 Å². The number of aryl methyl sites for hydroxylation is 1. The number of hydrogen-bond donors (Lipinski definition) is 0. The van der Waals surface area contributed by atoms with Crippen molar-refractivity contribution < 1.29 is 9.18 Å². The van der Waals surface area contributed by atoms with Gasteiger partial charge in [0.25, 0.3) is 5.91 Å². The van der Waals surface area contributed by atoms with Gasteiger partial charge in [0, 0.05) is 43.6 Å². The van der Waals surface area contributed by atoms with Crippen LogP contribution in [0.1, 0.15) is 34.8 Å². The Balaban J connectivity index is 1.50. The molecular formula is C27H31FN4O. The van der Waals surface area contributed by atoms with Crippen LogP contribution >= 0.6 is 0 Å². The van der Waals surface area contributed by atoms with Crippen LogP contribution in [-0.2, 0) is 6.54 Å². The number of carbonyl (C=O) groups excluding carboxylic acids is 1. The van der Waals surface area contributed by atoms with Gasteiger partial charge in [0.2, 0.25) is 0 Å². The average Bonchev–Trinajstić information content (AvgIpc) is 2.84. The first kappa shape index (κ1) is 22.9. The van der Waals surface area contributed by atoms with Crippen LogP contribution in [0.4, 0.5) is 15.9 Å². The van der Waals surface area contributed by atoms with Crippen molar-refractivity contribution >= 4 is 17.4 Å². The summed E-state index contributed by atoms with van der Waals surface area (Å²) in [7, 11) is 0. The van der Waals surface area contributed by atoms with Crippen LogP contribution in [0.25, 0.3) is 0 Å². The van der Waals surface area contributed by atoms with Crippen LogP contribution in [0, 0.1) is 12.7 Å². The number of amides is 1. The van der Waals surface area contributed by atoms with Crippen molar-refractivity contribution in [2.75, 3.05) is 42.5 Å². The number of carbonyl (C=O) groups is 1. The SMILES string of the molecule is CCCN1CCN(c2ccc(CN(C(=O)c3ccc(C)cc3)c3ccc(F)cc3)cn2)CC1. The van der Waals surface area contributed by atoms with E-state index in [4.69, 9.17) is 0 Å². The Hall–Kier alpha value is -3.25. The molecule has 2 aromatic carbocycles. The largest absolute Gasteiger partial charge is 0.354 e. The summed E-state index contributed by atoms with van der Waals surface area (Å²) in [6.07, 6.45) is 3.02. The van der Waals surface area contributed by atoms with Gasteiger partial charge in [-0.25, -0.2) is 9.37 Å². The van der Waals surface area contributed by atoms with Gasteiger partial charge in [-0.2, -0.15) is 0 Å². The van der Waals surface area contributed by atoms with Crippen molar-refractivity contribution in [3.8, 4) is 0 Å². The maximum absolute atomic E-state index is 13.5. The van der Waals surface area contributed by atoms with Crippen LogP contribution in [0.3, 0.4) is 0 Å². The van der Waals surface area contributed by atoms with E-state index in [1.54, 1.807) is 17.0 Å². The molecule has 0 saturated carbocycles. The first-order chi connectivity index (χ1) is 16.0. The van der Waals surface area contributed by atoms with Crippen molar-refractivity contribution in [2.24, 2.45) is 0 Å². The Morgan fingerprint density at radius 3 is 2.27 bits per heavy atom. The zero-order valence-corrected chi connectivity index (χ0v) is 19.4. The minimum absolute atomic E-state index is 0.127. The first-order valence-corrected chi connectivity index (χ1v) is 11.6. The molecule has 5 nitrogen and oxygen atoms in total. The number of piperazine rings is 1. The lowest BCUT2D eigenvalue weighted by atomic mass is 10.1. The molecule has 3 aromatic rings. The molecule has 0 N–H and O–H groups in total. The zero-order valence-electron chi connectivity index (χ0n) is 19.4. The quantitative estimate of drug-likeness (QED) is 0.517. The van der Waals surface area contributed by atoms with Crippen molar-refractivity contribution in [3.05, 3.63) is 89.4 Å². The van der Waals surface area contributed by atoms with Gasteiger partial charge >= 0.3 is 0 Å². The Labute approximate surface area is 195 Å². The van der Waals surface area contributed by atoms with E-state index in [1.165, 1.54) is 18.6 Å². The second kappa shape index (κ2) is 10.6. The molecule has 0 unspecified atom stereocenters. The highest BCUT2D eigenvalue weighted by molar-refractivity contribution is 6.06. The van der Waals surface area contributed by atoms with Gasteiger partial charge < -0.3 is 9.80 Å². The number of halogens is 1. The number of pyridine rings is 1. The standard InChI is InChI=1S/C27H31FN4O/c1-3-14-30-15-17-31(18-16-30)26-13-6-22(19-29-26)20-32(25-11-9-24(28)10-12-25)27(33)23-7-4-21(2)5-8-23/h4-13,19H,3,14-18,20H2,1-2H3. The molecule has 33 heavy (non-hydrogen) atoms. The van der Waals surface area contributed by atoms with E-state index in [1.807, 2.05) is 49.5 Å². The summed E-state index contributed by atoms with van der Waals surface area (Å²) < 4.78 is 13.5. The Morgan fingerprint density at radius 2 is 1.67 bits per heavy atom. The molecule has 172 valence electrons. The molecule has 1 aromatic heterocycles. The molecule has 1 aliphatic rings. The molecule has 1 amide bonds. The predicted molar refractivity (Wildman–Crippen MR) is 131 cm³/mol. The summed E-state index contributed by atoms with van der Waals surface area (Å²) in [5.74, 6) is 0.511. The molecule has 1 saturated heterocycles. The van der Waals surface area contributed by atoms with E-state index in [2.05, 4.69) is 21.7 Å². The summed E-state index contributed by atoms with van der Waals surface area (Å²) in [6.45, 7) is 9.76. The first-order valence-electron chi connectivity index (χ1n) is 11.6. The van der Waals surface area contributed by atoms with Crippen LogP contribution in [-0.4, -0.2) is 48.5 Å². The monoisotopic (exact) mass is 446 g/mol. The number of aromatic nitrogens is 1. The van der Waals surface area contributed by atoms with Crippen LogP contribution < -0.4 is 9.80 Å². The van der Waals surface area contributed by atoms with Crippen molar-refractivity contribution in [2.45, 2.75) is 26.8 Å². The van der Waals surface area contributed by atoms with E-state index >= 15 is 0 Å². The van der Waals surface area contributed by atoms with Gasteiger partial charge in [0.15, 0.2) is 0 Å². The molecule has 0 bridgehead atoms. The highest BCUT2D eigenvalue weighted by Crippen LogP contribution is 2.22. The number of benzene rings is 2. The zero-order chi connectivity index (χ0) is 23.2. The molecule has 0 atom stereocenters. The normalized spacial score (nSPS) is 14.3. The topological polar surface area (TPSA) is 39.7 Å². The van der Waals surface area contributed by atoms with Gasteiger partial charge in [-0.15, -0.1) is 0 Å². The summed E-state index contributed by atoms with van der Waals surface area (Å²) in [5, 5.41) is 0. The Kier molecular flexibility index (Phi) is 7.35. The minimum Gasteiger partial charge on any atom is -0.354 e. The number of anilines is 2. The maximum Gasteiger partial charge on any atom is 0.258 e. The van der Waals surface area contributed by atoms with E-state index in [-0.39, 0.29) is 11.7 Å². The van der Waals surface area contributed by atoms with E-state index < -0.39 is 0 Å². The highest BCUT2D eigenvalue weighted by atomic mass is 19.1. The molecular weight excluding hydrogens is 415 g/mol. The molecule has 2 heterocycles. The molecule has 0 aliphatic carbocycles. The summed E-state index contributed by atoms with van der Waals surface area (Å²) in [5.41, 5.74) is 3.26. The summed E-state index contributed by atoms with van der Waals surface area (Å²) in [4.78, 5) is 24.5. The van der Waals surface area contributed by atoms with Crippen molar-refractivity contribution in [1.82, 2.24) is 9.88 Å². The van der Waals surface area contributed by atoms with Crippen LogP contribution in [0.2, 0.25) is 0 Å². The van der Waals surface area contributed by atoms with E-state index in [0.29, 0.717) is 17.8 Å². The van der Waals surface area contributed by atoms with E-state index in [0.717, 1.165) is 49.7 Å². The number of rotatable bonds is 7. The molecule has 0 spiro atoms. The molecule has 6 heteroatoms. The summed E-state index contributed by atoms with van der Waals surface area (Å²) in [6, 6.07) is 17.6. The smallest absolute Gasteiger partial charge is 0.258 e. The summed E-state index contributed by atoms with van der Waals surface area (Å²) >= 11 is 0. The number of hydrogen-bond acceptors (Lipinski definition) is 4. The fourth-order valence-corrected chi connectivity index (χ4v) is 4.15. The molecule has 1 aliphatic heterocycles. The van der Waals surface area contributed by atoms with Gasteiger partial charge in [-0.05, 0) is 67.9 Å². The average molecular weight is 447 g/mol. The van der Waals surface area contributed by atoms with Gasteiger partial charge in [0.1, 0.15) is 11.6 Å². The third-order valence-electron chi connectivity index (χ3n) is 6.07. The number of nitrogens with zero attached hydrogens (tertiary/aromatic N) is 4. The van der Waals surface area contributed by atoms with Crippen LogP contribution in [0.15, 0.2) is 66.9 Å². The molecule has 0 radical (unpaired) electrons. The van der Waals surface area contributed by atoms with Gasteiger partial charge in [0.05, 0.1) is 6.54 Å². The molecule has 4 rings (SSSR count). The lowest BCUT2D eigenvalue weighted by Gasteiger charge is -2.35. The van der Waals surface area contributed by atoms with E-state index in [9.17, 15) is 9.18 Å². The Morgan fingerprint density at radius 1 is 0.970 bits per heavy atom. The predicted octanol–water partition coefficient (Wildman–Crippen LogP) is 4.91.